The van der Waals surface area contributed by atoms with E-state index in [1.165, 1.54) is 6.07 Å². The molecule has 3 rings (SSSR count). The van der Waals surface area contributed by atoms with Crippen molar-refractivity contribution in [3.63, 3.8) is 0 Å². The third-order valence-corrected chi connectivity index (χ3v) is 3.41. The number of hydroxylamine groups is 1. The van der Waals surface area contributed by atoms with Crippen molar-refractivity contribution in [2.75, 3.05) is 11.6 Å². The van der Waals surface area contributed by atoms with E-state index in [0.29, 0.717) is 34.0 Å². The van der Waals surface area contributed by atoms with E-state index in [9.17, 15) is 15.3 Å². The molecule has 21 heavy (non-hydrogen) atoms. The zero-order chi connectivity index (χ0) is 15.0. The quantitative estimate of drug-likeness (QED) is 0.452. The second-order valence-corrected chi connectivity index (χ2v) is 4.62. The predicted molar refractivity (Wildman–Crippen MR) is 80.7 cm³/mol. The summed E-state index contributed by atoms with van der Waals surface area (Å²) in [5, 5.41) is 23.6. The van der Waals surface area contributed by atoms with Gasteiger partial charge in [0.1, 0.15) is 5.39 Å². The number of benzene rings is 2. The van der Waals surface area contributed by atoms with Crippen molar-refractivity contribution in [3.05, 3.63) is 52.6 Å². The fraction of sp³-hybridized carbons (Fsp3) is 0.133. The van der Waals surface area contributed by atoms with E-state index in [1.807, 2.05) is 18.2 Å². The Morgan fingerprint density at radius 1 is 1.19 bits per heavy atom. The minimum absolute atomic E-state index is 0.0618. The lowest BCUT2D eigenvalue weighted by atomic mass is 10.1. The molecule has 2 aromatic carbocycles. The van der Waals surface area contributed by atoms with Gasteiger partial charge in [0.05, 0.1) is 21.6 Å². The highest BCUT2D eigenvalue weighted by atomic mass is 16.6. The van der Waals surface area contributed by atoms with Gasteiger partial charge in [0.15, 0.2) is 0 Å². The molecule has 1 N–H and O–H groups in total. The number of non-ortho nitro benzene ring substituents is 1. The van der Waals surface area contributed by atoms with Gasteiger partial charge in [-0.25, -0.2) is 4.98 Å². The van der Waals surface area contributed by atoms with E-state index in [1.54, 1.807) is 25.1 Å². The summed E-state index contributed by atoms with van der Waals surface area (Å²) in [5.74, 6) is 0. The van der Waals surface area contributed by atoms with E-state index in [0.717, 1.165) is 5.06 Å². The van der Waals surface area contributed by atoms with Crippen LogP contribution in [0.25, 0.3) is 21.8 Å². The van der Waals surface area contributed by atoms with E-state index >= 15 is 0 Å². The van der Waals surface area contributed by atoms with Crippen LogP contribution in [-0.2, 0) is 0 Å². The number of nitrogens with zero attached hydrogens (tertiary/aromatic N) is 3. The third kappa shape index (κ3) is 2.05. The lowest BCUT2D eigenvalue weighted by Gasteiger charge is -2.19. The Labute approximate surface area is 120 Å². The molecule has 0 spiro atoms. The van der Waals surface area contributed by atoms with Crippen LogP contribution in [0.5, 0.6) is 0 Å². The van der Waals surface area contributed by atoms with Crippen LogP contribution >= 0.6 is 0 Å². The molecule has 0 aliphatic rings. The van der Waals surface area contributed by atoms with Gasteiger partial charge in [-0.1, -0.05) is 24.3 Å². The molecule has 0 unspecified atom stereocenters. The summed E-state index contributed by atoms with van der Waals surface area (Å²) in [7, 11) is 0. The molecule has 0 atom stereocenters. The summed E-state index contributed by atoms with van der Waals surface area (Å²) >= 11 is 0. The highest BCUT2D eigenvalue weighted by molar-refractivity contribution is 6.11. The second-order valence-electron chi connectivity index (χ2n) is 4.62. The van der Waals surface area contributed by atoms with Crippen molar-refractivity contribution in [1.82, 2.24) is 4.98 Å². The number of rotatable bonds is 3. The zero-order valence-corrected chi connectivity index (χ0v) is 11.4. The molecule has 0 fully saturated rings. The van der Waals surface area contributed by atoms with Crippen molar-refractivity contribution < 1.29 is 10.1 Å². The number of aromatic nitrogens is 1. The Kier molecular flexibility index (Phi) is 3.15. The Hall–Kier alpha value is -2.73. The van der Waals surface area contributed by atoms with E-state index in [-0.39, 0.29) is 5.69 Å². The van der Waals surface area contributed by atoms with Crippen molar-refractivity contribution in [3.8, 4) is 0 Å². The van der Waals surface area contributed by atoms with Crippen LogP contribution in [0.3, 0.4) is 0 Å². The molecule has 0 saturated heterocycles. The summed E-state index contributed by atoms with van der Waals surface area (Å²) < 4.78 is 0. The predicted octanol–water partition coefficient (Wildman–Crippen LogP) is 3.51. The number of nitro groups is 1. The summed E-state index contributed by atoms with van der Waals surface area (Å²) in [6.45, 7) is 2.09. The lowest BCUT2D eigenvalue weighted by Crippen LogP contribution is -2.18. The van der Waals surface area contributed by atoms with Gasteiger partial charge >= 0.3 is 0 Å². The average molecular weight is 283 g/mol. The SMILES string of the molecule is CCN(O)c1c2ccccc2nc2cccc([N+](=O)[O-])c12. The number of anilines is 1. The van der Waals surface area contributed by atoms with Crippen LogP contribution in [0.2, 0.25) is 0 Å². The lowest BCUT2D eigenvalue weighted by molar-refractivity contribution is -0.383. The molecule has 1 heterocycles. The largest absolute Gasteiger partial charge is 0.288 e. The maximum absolute atomic E-state index is 11.3. The van der Waals surface area contributed by atoms with Gasteiger partial charge in [-0.2, -0.15) is 0 Å². The first-order chi connectivity index (χ1) is 10.1. The molecular formula is C15H13N3O3. The average Bonchev–Trinajstić information content (AvgIpc) is 2.51. The van der Waals surface area contributed by atoms with E-state index < -0.39 is 4.92 Å². The van der Waals surface area contributed by atoms with Gasteiger partial charge in [-0.15, -0.1) is 0 Å². The van der Waals surface area contributed by atoms with Crippen molar-refractivity contribution >= 4 is 33.2 Å². The summed E-state index contributed by atoms with van der Waals surface area (Å²) in [5.41, 5.74) is 1.54. The van der Waals surface area contributed by atoms with Crippen molar-refractivity contribution in [1.29, 1.82) is 0 Å². The third-order valence-electron chi connectivity index (χ3n) is 3.41. The first kappa shape index (κ1) is 13.3. The molecule has 6 heteroatoms. The maximum Gasteiger partial charge on any atom is 0.280 e. The van der Waals surface area contributed by atoms with Gasteiger partial charge in [0, 0.05) is 18.0 Å². The molecule has 6 nitrogen and oxygen atoms in total. The molecule has 0 amide bonds. The van der Waals surface area contributed by atoms with Gasteiger partial charge in [-0.3, -0.25) is 20.4 Å². The number of fused-ring (bicyclic) bond motifs is 2. The molecule has 0 aliphatic heterocycles. The minimum Gasteiger partial charge on any atom is -0.288 e. The number of nitro benzene ring substituents is 1. The molecule has 0 saturated carbocycles. The molecule has 106 valence electrons. The second kappa shape index (κ2) is 4.99. The molecule has 0 bridgehead atoms. The van der Waals surface area contributed by atoms with Crippen molar-refractivity contribution in [2.24, 2.45) is 0 Å². The molecule has 0 radical (unpaired) electrons. The summed E-state index contributed by atoms with van der Waals surface area (Å²) in [6, 6.07) is 12.0. The number of pyridine rings is 1. The number of para-hydroxylation sites is 1. The van der Waals surface area contributed by atoms with Crippen LogP contribution in [0.1, 0.15) is 6.92 Å². The Morgan fingerprint density at radius 2 is 1.90 bits per heavy atom. The fourth-order valence-corrected chi connectivity index (χ4v) is 2.48. The number of hydrogen-bond acceptors (Lipinski definition) is 5. The van der Waals surface area contributed by atoms with Crippen LogP contribution in [0.15, 0.2) is 42.5 Å². The van der Waals surface area contributed by atoms with Gasteiger partial charge in [0.25, 0.3) is 5.69 Å². The van der Waals surface area contributed by atoms with Crippen molar-refractivity contribution in [2.45, 2.75) is 6.92 Å². The Bertz CT molecular complexity index is 848. The normalized spacial score (nSPS) is 11.0. The number of hydrogen-bond donors (Lipinski definition) is 1. The van der Waals surface area contributed by atoms with Gasteiger partial charge in [-0.05, 0) is 19.1 Å². The highest BCUT2D eigenvalue weighted by Crippen LogP contribution is 2.38. The van der Waals surface area contributed by atoms with E-state index in [2.05, 4.69) is 4.98 Å². The highest BCUT2D eigenvalue weighted by Gasteiger charge is 2.21. The Morgan fingerprint density at radius 3 is 2.62 bits per heavy atom. The first-order valence-corrected chi connectivity index (χ1v) is 6.55. The monoisotopic (exact) mass is 283 g/mol. The van der Waals surface area contributed by atoms with Crippen LogP contribution in [-0.4, -0.2) is 21.7 Å². The molecule has 0 aliphatic carbocycles. The fourth-order valence-electron chi connectivity index (χ4n) is 2.48. The van der Waals surface area contributed by atoms with Gasteiger partial charge in [0.2, 0.25) is 0 Å². The standard InChI is InChI=1S/C15H13N3O3/c1-2-17(19)15-10-6-3-4-7-11(10)16-12-8-5-9-13(14(12)15)18(20)21/h3-9,19H,2H2,1H3. The topological polar surface area (TPSA) is 79.5 Å². The van der Waals surface area contributed by atoms with Crippen LogP contribution in [0.4, 0.5) is 11.4 Å². The minimum atomic E-state index is -0.453. The smallest absolute Gasteiger partial charge is 0.280 e. The van der Waals surface area contributed by atoms with Gasteiger partial charge < -0.3 is 0 Å². The maximum atomic E-state index is 11.3. The van der Waals surface area contributed by atoms with Crippen LogP contribution in [0, 0.1) is 10.1 Å². The van der Waals surface area contributed by atoms with Crippen LogP contribution < -0.4 is 5.06 Å². The zero-order valence-electron chi connectivity index (χ0n) is 11.4. The summed E-state index contributed by atoms with van der Waals surface area (Å²) in [4.78, 5) is 15.3. The summed E-state index contributed by atoms with van der Waals surface area (Å²) in [6.07, 6.45) is 0. The first-order valence-electron chi connectivity index (χ1n) is 6.55. The molecular weight excluding hydrogens is 270 g/mol. The Balaban J connectivity index is 2.56. The molecule has 1 aromatic heterocycles. The molecule has 3 aromatic rings. The van der Waals surface area contributed by atoms with E-state index in [4.69, 9.17) is 0 Å².